The van der Waals surface area contributed by atoms with Gasteiger partial charge in [0.1, 0.15) is 61.0 Å². The Hall–Kier alpha value is -0.900. The van der Waals surface area contributed by atoms with E-state index < -0.39 is 85.7 Å². The minimum absolute atomic E-state index is 0.0960. The van der Waals surface area contributed by atoms with Gasteiger partial charge in [0.15, 0.2) is 24.7 Å². The van der Waals surface area contributed by atoms with Crippen molar-refractivity contribution in [2.24, 2.45) is 46.3 Å². The lowest BCUT2D eigenvalue weighted by Crippen LogP contribution is -2.66. The molecule has 25 unspecified atom stereocenters. The molecule has 3 saturated carbocycles. The van der Waals surface area contributed by atoms with E-state index in [0.717, 1.165) is 45.1 Å². The maximum atomic E-state index is 7.22. The van der Waals surface area contributed by atoms with Crippen LogP contribution in [0.25, 0.3) is 0 Å². The summed E-state index contributed by atoms with van der Waals surface area (Å²) in [4.78, 5) is 0. The molecule has 9 rings (SSSR count). The van der Waals surface area contributed by atoms with Gasteiger partial charge in [-0.25, -0.2) is 0 Å². The molecule has 8 fully saturated rings. The molecule has 68 heavy (non-hydrogen) atoms. The average molecular weight is 967 g/mol. The molecular weight excluding hydrogens is 881 g/mol. The summed E-state index contributed by atoms with van der Waals surface area (Å²) in [7, 11) is 13.1. The van der Waals surface area contributed by atoms with E-state index >= 15 is 0 Å². The molecule has 25 atom stereocenters. The standard InChI is InChI=1S/C52H86O16/c1-27-16-21-52(61-24-27)28(2)38-35(68-52)23-34-32-15-14-30-22-31(17-19-50(30,4)33(32)18-20-51(34,38)5)63-49-46(67-47-45(60-13)42(57-10)39(55-8)29(3)62-47)43(58-11)41(37(65-49)26-54-7)66-48-44(59-12)40(56-9)36(64-48)25-53-6/h14,27-29,31-49H,15-26H2,1-13H3. The van der Waals surface area contributed by atoms with Gasteiger partial charge < -0.3 is 75.8 Å². The summed E-state index contributed by atoms with van der Waals surface area (Å²) in [5.41, 5.74) is 1.87. The number of methoxy groups -OCH3 is 8. The zero-order valence-corrected chi connectivity index (χ0v) is 43.3. The summed E-state index contributed by atoms with van der Waals surface area (Å²) < 4.78 is 102. The third-order valence-corrected chi connectivity index (χ3v) is 19.1. The van der Waals surface area contributed by atoms with Gasteiger partial charge in [0, 0.05) is 69.2 Å². The normalized spacial score (nSPS) is 52.3. The second kappa shape index (κ2) is 21.1. The first-order chi connectivity index (χ1) is 32.8. The summed E-state index contributed by atoms with van der Waals surface area (Å²) in [5.74, 6) is 3.07. The molecule has 5 saturated heterocycles. The molecule has 0 amide bonds. The van der Waals surface area contributed by atoms with Gasteiger partial charge in [-0.1, -0.05) is 39.3 Å². The van der Waals surface area contributed by atoms with Crippen molar-refractivity contribution in [3.05, 3.63) is 11.6 Å². The number of hydrogen-bond acceptors (Lipinski definition) is 16. The fourth-order valence-electron chi connectivity index (χ4n) is 15.7. The topological polar surface area (TPSA) is 148 Å². The summed E-state index contributed by atoms with van der Waals surface area (Å²) in [6.45, 7) is 13.1. The molecule has 9 aliphatic rings. The summed E-state index contributed by atoms with van der Waals surface area (Å²) >= 11 is 0. The highest BCUT2D eigenvalue weighted by molar-refractivity contribution is 5.26. The van der Waals surface area contributed by atoms with Crippen LogP contribution in [0.1, 0.15) is 92.4 Å². The number of ether oxygens (including phenoxy) is 16. The first-order valence-corrected chi connectivity index (χ1v) is 25.8. The van der Waals surface area contributed by atoms with Crippen LogP contribution in [-0.2, 0) is 75.8 Å². The molecule has 4 aliphatic carbocycles. The van der Waals surface area contributed by atoms with Crippen LogP contribution in [0.5, 0.6) is 0 Å². The van der Waals surface area contributed by atoms with E-state index in [0.29, 0.717) is 35.5 Å². The van der Waals surface area contributed by atoms with Gasteiger partial charge in [-0.15, -0.1) is 0 Å². The Kier molecular flexibility index (Phi) is 16.2. The second-order valence-corrected chi connectivity index (χ2v) is 22.4. The zero-order valence-electron chi connectivity index (χ0n) is 43.3. The molecule has 0 aromatic carbocycles. The van der Waals surface area contributed by atoms with Gasteiger partial charge in [-0.3, -0.25) is 0 Å². The first-order valence-electron chi connectivity index (χ1n) is 25.8. The molecule has 0 aromatic rings. The fraction of sp³-hybridized carbons (Fsp3) is 0.962. The monoisotopic (exact) mass is 967 g/mol. The van der Waals surface area contributed by atoms with Crippen molar-refractivity contribution >= 4 is 0 Å². The Bertz CT molecular complexity index is 1700. The highest BCUT2D eigenvalue weighted by Crippen LogP contribution is 2.70. The predicted octanol–water partition coefficient (Wildman–Crippen LogP) is 6.09. The predicted molar refractivity (Wildman–Crippen MR) is 247 cm³/mol. The van der Waals surface area contributed by atoms with Gasteiger partial charge >= 0.3 is 0 Å². The molecule has 0 aromatic heterocycles. The number of rotatable bonds is 16. The molecule has 390 valence electrons. The molecule has 1 spiro atoms. The first kappa shape index (κ1) is 52.0. The van der Waals surface area contributed by atoms with Gasteiger partial charge in [-0.05, 0) is 98.7 Å². The maximum Gasteiger partial charge on any atom is 0.187 e. The third-order valence-electron chi connectivity index (χ3n) is 19.1. The van der Waals surface area contributed by atoms with E-state index in [1.165, 1.54) is 24.8 Å². The lowest BCUT2D eigenvalue weighted by Gasteiger charge is -2.59. The molecule has 0 N–H and O–H groups in total. The van der Waals surface area contributed by atoms with E-state index in [-0.39, 0.29) is 42.4 Å². The largest absolute Gasteiger partial charge is 0.382 e. The Morgan fingerprint density at radius 3 is 1.84 bits per heavy atom. The van der Waals surface area contributed by atoms with Crippen LogP contribution in [0.2, 0.25) is 0 Å². The highest BCUT2D eigenvalue weighted by Gasteiger charge is 2.69. The van der Waals surface area contributed by atoms with Crippen molar-refractivity contribution in [2.45, 2.75) is 196 Å². The van der Waals surface area contributed by atoms with Crippen LogP contribution in [0.4, 0.5) is 0 Å². The van der Waals surface area contributed by atoms with Crippen molar-refractivity contribution < 1.29 is 75.8 Å². The third kappa shape index (κ3) is 8.93. The number of fused-ring (bicyclic) bond motifs is 7. The Labute approximate surface area is 405 Å². The molecule has 0 bridgehead atoms. The smallest absolute Gasteiger partial charge is 0.187 e. The van der Waals surface area contributed by atoms with Gasteiger partial charge in [0.25, 0.3) is 0 Å². The lowest BCUT2D eigenvalue weighted by atomic mass is 9.47. The van der Waals surface area contributed by atoms with Gasteiger partial charge in [0.05, 0.1) is 38.1 Å². The van der Waals surface area contributed by atoms with E-state index in [1.807, 2.05) is 6.92 Å². The van der Waals surface area contributed by atoms with E-state index in [1.54, 1.807) is 56.9 Å². The van der Waals surface area contributed by atoms with Gasteiger partial charge in [0.2, 0.25) is 0 Å². The molecule has 5 aliphatic heterocycles. The van der Waals surface area contributed by atoms with Crippen molar-refractivity contribution in [2.75, 3.05) is 76.7 Å². The lowest BCUT2D eigenvalue weighted by molar-refractivity contribution is -0.384. The quantitative estimate of drug-likeness (QED) is 0.164. The molecule has 16 nitrogen and oxygen atoms in total. The van der Waals surface area contributed by atoms with Gasteiger partial charge in [-0.2, -0.15) is 0 Å². The maximum absolute atomic E-state index is 7.22. The fourth-order valence-corrected chi connectivity index (χ4v) is 15.7. The van der Waals surface area contributed by atoms with Crippen LogP contribution in [-0.4, -0.2) is 181 Å². The SMILES string of the molecule is COCC1OC(OC2C(COC)OC(OC3CCC4(C)C(=CCC5C4CCC4(C)C5CC5OC6(CCC(C)CO6)C(C)C54)C3)C(OC3OC(C)C(OC)C(OC)C3OC)C2OC)C(OC)C1OC. The Morgan fingerprint density at radius 2 is 1.21 bits per heavy atom. The average Bonchev–Trinajstić information content (AvgIpc) is 3.92. The van der Waals surface area contributed by atoms with Crippen LogP contribution >= 0.6 is 0 Å². The molecule has 0 radical (unpaired) electrons. The molecule has 5 heterocycles. The van der Waals surface area contributed by atoms with Crippen molar-refractivity contribution in [3.63, 3.8) is 0 Å². The summed E-state index contributed by atoms with van der Waals surface area (Å²) in [6.07, 6.45) is 3.37. The highest BCUT2D eigenvalue weighted by atomic mass is 16.8. The van der Waals surface area contributed by atoms with E-state index in [9.17, 15) is 0 Å². The van der Waals surface area contributed by atoms with E-state index in [4.69, 9.17) is 75.8 Å². The minimum atomic E-state index is -0.903. The Morgan fingerprint density at radius 1 is 0.603 bits per heavy atom. The van der Waals surface area contributed by atoms with Crippen LogP contribution in [0.15, 0.2) is 11.6 Å². The van der Waals surface area contributed by atoms with Crippen LogP contribution in [0, 0.1) is 46.3 Å². The molecule has 16 heteroatoms. The van der Waals surface area contributed by atoms with Crippen LogP contribution < -0.4 is 0 Å². The summed E-state index contributed by atoms with van der Waals surface area (Å²) in [6, 6.07) is 0. The number of hydrogen-bond donors (Lipinski definition) is 0. The van der Waals surface area contributed by atoms with Crippen LogP contribution in [0.3, 0.4) is 0 Å². The molecular formula is C52H86O16. The van der Waals surface area contributed by atoms with Crippen molar-refractivity contribution in [1.29, 1.82) is 0 Å². The second-order valence-electron chi connectivity index (χ2n) is 22.4. The number of allylic oxidation sites excluding steroid dienone is 1. The van der Waals surface area contributed by atoms with E-state index in [2.05, 4.69) is 33.8 Å². The Balaban J connectivity index is 0.956. The zero-order chi connectivity index (χ0) is 48.3. The van der Waals surface area contributed by atoms with Crippen molar-refractivity contribution in [3.8, 4) is 0 Å². The minimum Gasteiger partial charge on any atom is -0.382 e. The summed E-state index contributed by atoms with van der Waals surface area (Å²) in [5, 5.41) is 0. The van der Waals surface area contributed by atoms with Crippen molar-refractivity contribution in [1.82, 2.24) is 0 Å².